The molecular formula is C18H19NO4. The second-order valence-corrected chi connectivity index (χ2v) is 5.32. The van der Waals surface area contributed by atoms with Gasteiger partial charge in [-0.1, -0.05) is 42.5 Å². The molecule has 2 aromatic carbocycles. The maximum absolute atomic E-state index is 11.8. The topological polar surface area (TPSA) is 69.4 Å². The summed E-state index contributed by atoms with van der Waals surface area (Å²) in [5, 5.41) is 10.6. The summed E-state index contributed by atoms with van der Waals surface area (Å²) < 4.78 is 5.40. The molecule has 0 bridgehead atoms. The number of hydrogen-bond acceptors (Lipinski definition) is 4. The normalized spacial score (nSPS) is 11.7. The van der Waals surface area contributed by atoms with Gasteiger partial charge in [0.2, 0.25) is 0 Å². The smallest absolute Gasteiger partial charge is 0.306 e. The minimum Gasteiger partial charge on any atom is -0.458 e. The van der Waals surface area contributed by atoms with E-state index in [-0.39, 0.29) is 17.8 Å². The second kappa shape index (κ2) is 8.08. The van der Waals surface area contributed by atoms with E-state index in [9.17, 15) is 14.9 Å². The van der Waals surface area contributed by atoms with Crippen molar-refractivity contribution in [1.29, 1.82) is 0 Å². The number of nitro benzene ring substituents is 1. The lowest BCUT2D eigenvalue weighted by Crippen LogP contribution is -2.09. The number of aryl methyl sites for hydroxylation is 1. The van der Waals surface area contributed by atoms with E-state index < -0.39 is 4.92 Å². The Morgan fingerprint density at radius 3 is 2.39 bits per heavy atom. The van der Waals surface area contributed by atoms with E-state index in [0.29, 0.717) is 19.3 Å². The standard InChI is InChI=1S/C18H19NO4/c1-14(16-7-3-2-4-8-16)23-18(20)9-5-6-15-10-12-17(13-11-15)19(21)22/h2-4,7-8,10-14H,5-6,9H2,1H3. The minimum atomic E-state index is -0.424. The molecule has 0 saturated heterocycles. The van der Waals surface area contributed by atoms with Crippen molar-refractivity contribution in [2.45, 2.75) is 32.3 Å². The first-order valence-electron chi connectivity index (χ1n) is 7.54. The molecule has 5 heteroatoms. The third-order valence-corrected chi connectivity index (χ3v) is 3.57. The molecule has 23 heavy (non-hydrogen) atoms. The summed E-state index contributed by atoms with van der Waals surface area (Å²) in [5.74, 6) is -0.233. The Balaban J connectivity index is 1.75. The molecule has 5 nitrogen and oxygen atoms in total. The average Bonchev–Trinajstić information content (AvgIpc) is 2.56. The number of carbonyl (C=O) groups excluding carboxylic acids is 1. The molecule has 0 radical (unpaired) electrons. The number of rotatable bonds is 7. The van der Waals surface area contributed by atoms with E-state index in [0.717, 1.165) is 11.1 Å². The molecule has 0 aliphatic heterocycles. The highest BCUT2D eigenvalue weighted by atomic mass is 16.6. The largest absolute Gasteiger partial charge is 0.458 e. The number of benzene rings is 2. The maximum Gasteiger partial charge on any atom is 0.306 e. The van der Waals surface area contributed by atoms with Gasteiger partial charge in [0.05, 0.1) is 4.92 Å². The van der Waals surface area contributed by atoms with Crippen molar-refractivity contribution in [2.24, 2.45) is 0 Å². The van der Waals surface area contributed by atoms with Gasteiger partial charge in [-0.25, -0.2) is 0 Å². The molecule has 0 aliphatic rings. The van der Waals surface area contributed by atoms with E-state index in [1.807, 2.05) is 37.3 Å². The molecule has 2 rings (SSSR count). The van der Waals surface area contributed by atoms with Crippen LogP contribution in [0.1, 0.15) is 37.0 Å². The van der Waals surface area contributed by atoms with Crippen LogP contribution in [-0.4, -0.2) is 10.9 Å². The van der Waals surface area contributed by atoms with Crippen LogP contribution in [0.4, 0.5) is 5.69 Å². The van der Waals surface area contributed by atoms with Crippen molar-refractivity contribution in [3.05, 3.63) is 75.8 Å². The molecule has 0 aliphatic carbocycles. The first kappa shape index (κ1) is 16.7. The van der Waals surface area contributed by atoms with Gasteiger partial charge in [-0.3, -0.25) is 14.9 Å². The molecule has 0 N–H and O–H groups in total. The Morgan fingerprint density at radius 2 is 1.78 bits per heavy atom. The summed E-state index contributed by atoms with van der Waals surface area (Å²) in [6, 6.07) is 16.0. The SMILES string of the molecule is CC(OC(=O)CCCc1ccc([N+](=O)[O-])cc1)c1ccccc1. The van der Waals surface area contributed by atoms with Crippen molar-refractivity contribution in [2.75, 3.05) is 0 Å². The number of non-ortho nitro benzene ring substituents is 1. The summed E-state index contributed by atoms with van der Waals surface area (Å²) in [6.07, 6.45) is 1.40. The molecule has 2 aromatic rings. The summed E-state index contributed by atoms with van der Waals surface area (Å²) in [6.45, 7) is 1.85. The third-order valence-electron chi connectivity index (χ3n) is 3.57. The van der Waals surface area contributed by atoms with E-state index in [2.05, 4.69) is 0 Å². The lowest BCUT2D eigenvalue weighted by Gasteiger charge is -2.13. The van der Waals surface area contributed by atoms with Gasteiger partial charge in [0.15, 0.2) is 0 Å². The summed E-state index contributed by atoms with van der Waals surface area (Å²) >= 11 is 0. The number of ether oxygens (including phenoxy) is 1. The van der Waals surface area contributed by atoms with Gasteiger partial charge in [-0.05, 0) is 30.9 Å². The quantitative estimate of drug-likeness (QED) is 0.436. The van der Waals surface area contributed by atoms with Gasteiger partial charge in [0.25, 0.3) is 5.69 Å². The van der Waals surface area contributed by atoms with E-state index in [4.69, 9.17) is 4.74 Å². The molecule has 0 heterocycles. The molecule has 1 atom stereocenters. The Bertz CT molecular complexity index is 652. The minimum absolute atomic E-state index is 0.0739. The van der Waals surface area contributed by atoms with E-state index >= 15 is 0 Å². The van der Waals surface area contributed by atoms with E-state index in [1.54, 1.807) is 12.1 Å². The molecule has 0 fully saturated rings. The Hall–Kier alpha value is -2.69. The van der Waals surface area contributed by atoms with Crippen molar-refractivity contribution in [3.8, 4) is 0 Å². The Kier molecular flexibility index (Phi) is 5.86. The van der Waals surface area contributed by atoms with Crippen molar-refractivity contribution in [1.82, 2.24) is 0 Å². The van der Waals surface area contributed by atoms with E-state index in [1.165, 1.54) is 12.1 Å². The predicted molar refractivity (Wildman–Crippen MR) is 87.0 cm³/mol. The van der Waals surface area contributed by atoms with Crippen molar-refractivity contribution >= 4 is 11.7 Å². The fourth-order valence-corrected chi connectivity index (χ4v) is 2.27. The van der Waals surface area contributed by atoms with Crippen LogP contribution in [-0.2, 0) is 16.0 Å². The van der Waals surface area contributed by atoms with Gasteiger partial charge in [-0.15, -0.1) is 0 Å². The lowest BCUT2D eigenvalue weighted by atomic mass is 10.1. The predicted octanol–water partition coefficient (Wildman–Crippen LogP) is 4.22. The molecule has 0 aromatic heterocycles. The van der Waals surface area contributed by atoms with Gasteiger partial charge < -0.3 is 4.74 Å². The van der Waals surface area contributed by atoms with Crippen LogP contribution < -0.4 is 0 Å². The molecular weight excluding hydrogens is 294 g/mol. The fourth-order valence-electron chi connectivity index (χ4n) is 2.27. The summed E-state index contributed by atoms with van der Waals surface area (Å²) in [5.41, 5.74) is 2.01. The van der Waals surface area contributed by atoms with Crippen LogP contribution in [0.2, 0.25) is 0 Å². The summed E-state index contributed by atoms with van der Waals surface area (Å²) in [7, 11) is 0. The molecule has 0 saturated carbocycles. The summed E-state index contributed by atoms with van der Waals surface area (Å²) in [4.78, 5) is 22.0. The van der Waals surface area contributed by atoms with Gasteiger partial charge in [0.1, 0.15) is 6.10 Å². The monoisotopic (exact) mass is 313 g/mol. The molecule has 0 amide bonds. The zero-order chi connectivity index (χ0) is 16.7. The lowest BCUT2D eigenvalue weighted by molar-refractivity contribution is -0.384. The number of nitro groups is 1. The molecule has 0 spiro atoms. The maximum atomic E-state index is 11.8. The Morgan fingerprint density at radius 1 is 1.13 bits per heavy atom. The van der Waals surface area contributed by atoms with Crippen LogP contribution >= 0.6 is 0 Å². The zero-order valence-electron chi connectivity index (χ0n) is 13.0. The molecule has 1 unspecified atom stereocenters. The first-order chi connectivity index (χ1) is 11.1. The van der Waals surface area contributed by atoms with Crippen LogP contribution in [0, 0.1) is 10.1 Å². The highest BCUT2D eigenvalue weighted by molar-refractivity contribution is 5.69. The zero-order valence-corrected chi connectivity index (χ0v) is 13.0. The van der Waals surface area contributed by atoms with Crippen LogP contribution in [0.5, 0.6) is 0 Å². The Labute approximate surface area is 135 Å². The van der Waals surface area contributed by atoms with Crippen molar-refractivity contribution < 1.29 is 14.5 Å². The highest BCUT2D eigenvalue weighted by Crippen LogP contribution is 2.18. The van der Waals surface area contributed by atoms with Gasteiger partial charge >= 0.3 is 5.97 Å². The van der Waals surface area contributed by atoms with Crippen LogP contribution in [0.15, 0.2) is 54.6 Å². The van der Waals surface area contributed by atoms with Gasteiger partial charge in [0, 0.05) is 18.6 Å². The number of esters is 1. The highest BCUT2D eigenvalue weighted by Gasteiger charge is 2.11. The van der Waals surface area contributed by atoms with Crippen LogP contribution in [0.3, 0.4) is 0 Å². The van der Waals surface area contributed by atoms with Crippen LogP contribution in [0.25, 0.3) is 0 Å². The van der Waals surface area contributed by atoms with Crippen molar-refractivity contribution in [3.63, 3.8) is 0 Å². The fraction of sp³-hybridized carbons (Fsp3) is 0.278. The average molecular weight is 313 g/mol. The van der Waals surface area contributed by atoms with Gasteiger partial charge in [-0.2, -0.15) is 0 Å². The third kappa shape index (κ3) is 5.21. The number of nitrogens with zero attached hydrogens (tertiary/aromatic N) is 1. The number of hydrogen-bond donors (Lipinski definition) is 0. The number of carbonyl (C=O) groups is 1. The second-order valence-electron chi connectivity index (χ2n) is 5.32. The first-order valence-corrected chi connectivity index (χ1v) is 7.54. The molecule has 120 valence electrons.